The second kappa shape index (κ2) is 4.11. The lowest BCUT2D eigenvalue weighted by molar-refractivity contribution is 0.146. The third-order valence-corrected chi connectivity index (χ3v) is 2.67. The van der Waals surface area contributed by atoms with Gasteiger partial charge in [0.15, 0.2) is 0 Å². The van der Waals surface area contributed by atoms with Crippen LogP contribution < -0.4 is 0 Å². The van der Waals surface area contributed by atoms with Gasteiger partial charge in [-0.3, -0.25) is 0 Å². The van der Waals surface area contributed by atoms with E-state index in [1.807, 2.05) is 0 Å². The van der Waals surface area contributed by atoms with Crippen LogP contribution in [0.3, 0.4) is 0 Å². The van der Waals surface area contributed by atoms with Crippen molar-refractivity contribution in [2.24, 2.45) is 0 Å². The van der Waals surface area contributed by atoms with Crippen molar-refractivity contribution in [3.63, 3.8) is 0 Å². The SMILES string of the molecule is Fc1ccc(Cl)c2c(Cl)cc(C(F)F)nc12. The molecule has 0 aliphatic rings. The molecule has 0 radical (unpaired) electrons. The number of aromatic nitrogens is 1. The number of pyridine rings is 1. The Balaban J connectivity index is 2.86. The van der Waals surface area contributed by atoms with Crippen LogP contribution in [0.15, 0.2) is 18.2 Å². The first-order chi connectivity index (χ1) is 7.50. The van der Waals surface area contributed by atoms with Crippen LogP contribution in [-0.2, 0) is 0 Å². The molecule has 1 nitrogen and oxygen atoms in total. The van der Waals surface area contributed by atoms with Gasteiger partial charge in [-0.2, -0.15) is 0 Å². The van der Waals surface area contributed by atoms with Gasteiger partial charge in [0.25, 0.3) is 6.43 Å². The number of hydrogen-bond donors (Lipinski definition) is 0. The first kappa shape index (κ1) is 11.5. The molecule has 0 aliphatic heterocycles. The molecular weight excluding hydrogens is 262 g/mol. The highest BCUT2D eigenvalue weighted by Gasteiger charge is 2.16. The minimum Gasteiger partial charge on any atom is -0.244 e. The summed E-state index contributed by atoms with van der Waals surface area (Å²) in [6.07, 6.45) is -2.81. The van der Waals surface area contributed by atoms with Crippen molar-refractivity contribution >= 4 is 34.1 Å². The molecule has 0 N–H and O–H groups in total. The van der Waals surface area contributed by atoms with Gasteiger partial charge < -0.3 is 0 Å². The maximum atomic E-state index is 13.4. The summed E-state index contributed by atoms with van der Waals surface area (Å²) in [7, 11) is 0. The van der Waals surface area contributed by atoms with E-state index in [0.717, 1.165) is 12.1 Å². The molecule has 1 aromatic heterocycles. The number of alkyl halides is 2. The highest BCUT2D eigenvalue weighted by Crippen LogP contribution is 2.33. The molecule has 0 spiro atoms. The zero-order valence-electron chi connectivity index (χ0n) is 7.65. The maximum absolute atomic E-state index is 13.4. The summed E-state index contributed by atoms with van der Waals surface area (Å²) in [6.45, 7) is 0. The summed E-state index contributed by atoms with van der Waals surface area (Å²) in [4.78, 5) is 3.50. The van der Waals surface area contributed by atoms with Crippen LogP contribution in [0, 0.1) is 5.82 Å². The molecule has 0 fully saturated rings. The number of fused-ring (bicyclic) bond motifs is 1. The molecule has 84 valence electrons. The first-order valence-electron chi connectivity index (χ1n) is 4.23. The number of benzene rings is 1. The Bertz CT molecular complexity index is 557. The van der Waals surface area contributed by atoms with Gasteiger partial charge >= 0.3 is 0 Å². The summed E-state index contributed by atoms with van der Waals surface area (Å²) < 4.78 is 38.2. The normalized spacial score (nSPS) is 11.4. The fourth-order valence-electron chi connectivity index (χ4n) is 1.35. The Morgan fingerprint density at radius 1 is 1.12 bits per heavy atom. The lowest BCUT2D eigenvalue weighted by atomic mass is 10.2. The molecule has 0 saturated carbocycles. The van der Waals surface area contributed by atoms with Crippen LogP contribution in [-0.4, -0.2) is 4.98 Å². The van der Waals surface area contributed by atoms with Gasteiger partial charge in [-0.05, 0) is 18.2 Å². The minimum atomic E-state index is -2.81. The molecule has 0 atom stereocenters. The van der Waals surface area contributed by atoms with E-state index in [1.54, 1.807) is 0 Å². The van der Waals surface area contributed by atoms with Crippen molar-refractivity contribution in [3.05, 3.63) is 39.8 Å². The van der Waals surface area contributed by atoms with Crippen molar-refractivity contribution in [2.45, 2.75) is 6.43 Å². The van der Waals surface area contributed by atoms with Crippen molar-refractivity contribution in [2.75, 3.05) is 0 Å². The molecule has 16 heavy (non-hydrogen) atoms. The second-order valence-corrected chi connectivity index (χ2v) is 3.90. The molecule has 2 aromatic rings. The lowest BCUT2D eigenvalue weighted by Gasteiger charge is -2.06. The third kappa shape index (κ3) is 1.83. The van der Waals surface area contributed by atoms with E-state index in [2.05, 4.69) is 4.98 Å². The molecule has 0 amide bonds. The highest BCUT2D eigenvalue weighted by molar-refractivity contribution is 6.42. The van der Waals surface area contributed by atoms with Gasteiger partial charge in [0.1, 0.15) is 17.0 Å². The van der Waals surface area contributed by atoms with Crippen LogP contribution in [0.2, 0.25) is 10.0 Å². The molecule has 1 heterocycles. The Morgan fingerprint density at radius 3 is 2.44 bits per heavy atom. The lowest BCUT2D eigenvalue weighted by Crippen LogP contribution is -1.94. The minimum absolute atomic E-state index is 0.0372. The molecular formula is C10H4Cl2F3N. The van der Waals surface area contributed by atoms with Crippen molar-refractivity contribution in [1.29, 1.82) is 0 Å². The average Bonchev–Trinajstić information content (AvgIpc) is 2.22. The molecule has 0 bridgehead atoms. The first-order valence-corrected chi connectivity index (χ1v) is 4.98. The molecule has 2 rings (SSSR count). The quantitative estimate of drug-likeness (QED) is 0.733. The predicted molar refractivity (Wildman–Crippen MR) is 56.7 cm³/mol. The predicted octanol–water partition coefficient (Wildman–Crippen LogP) is 4.62. The van der Waals surface area contributed by atoms with Gasteiger partial charge in [-0.25, -0.2) is 18.2 Å². The average molecular weight is 266 g/mol. The van der Waals surface area contributed by atoms with E-state index in [1.165, 1.54) is 6.07 Å². The number of hydrogen-bond acceptors (Lipinski definition) is 1. The Labute approximate surface area is 98.8 Å². The second-order valence-electron chi connectivity index (χ2n) is 3.08. The van der Waals surface area contributed by atoms with Crippen molar-refractivity contribution in [1.82, 2.24) is 4.98 Å². The van der Waals surface area contributed by atoms with Gasteiger partial charge in [-0.1, -0.05) is 23.2 Å². The third-order valence-electron chi connectivity index (χ3n) is 2.06. The fourth-order valence-corrected chi connectivity index (χ4v) is 1.96. The number of halogens is 5. The summed E-state index contributed by atoms with van der Waals surface area (Å²) in [5, 5.41) is 0.284. The van der Waals surface area contributed by atoms with Gasteiger partial charge in [0.2, 0.25) is 0 Å². The van der Waals surface area contributed by atoms with Gasteiger partial charge in [0.05, 0.1) is 10.0 Å². The van der Waals surface area contributed by atoms with Crippen LogP contribution >= 0.6 is 23.2 Å². The summed E-state index contributed by atoms with van der Waals surface area (Å²) >= 11 is 11.5. The molecule has 0 unspecified atom stereocenters. The fraction of sp³-hybridized carbons (Fsp3) is 0.100. The highest BCUT2D eigenvalue weighted by atomic mass is 35.5. The molecule has 6 heteroatoms. The monoisotopic (exact) mass is 265 g/mol. The van der Waals surface area contributed by atoms with E-state index in [0.29, 0.717) is 0 Å². The Morgan fingerprint density at radius 2 is 1.81 bits per heavy atom. The largest absolute Gasteiger partial charge is 0.280 e. The topological polar surface area (TPSA) is 12.9 Å². The summed E-state index contributed by atoms with van der Waals surface area (Å²) in [6, 6.07) is 3.35. The van der Waals surface area contributed by atoms with Gasteiger partial charge in [-0.15, -0.1) is 0 Å². The van der Waals surface area contributed by atoms with Gasteiger partial charge in [0, 0.05) is 5.39 Å². The van der Waals surface area contributed by atoms with E-state index >= 15 is 0 Å². The standard InChI is InChI=1S/C10H4Cl2F3N/c11-4-1-2-6(13)9-8(4)5(12)3-7(16-9)10(14)15/h1-3,10H. The zero-order valence-corrected chi connectivity index (χ0v) is 9.16. The van der Waals surface area contributed by atoms with Crippen LogP contribution in [0.5, 0.6) is 0 Å². The maximum Gasteiger partial charge on any atom is 0.280 e. The molecule has 0 aliphatic carbocycles. The molecule has 1 aromatic carbocycles. The summed E-state index contributed by atoms with van der Waals surface area (Å²) in [5.74, 6) is -0.733. The van der Waals surface area contributed by atoms with Crippen molar-refractivity contribution in [3.8, 4) is 0 Å². The Hall–Kier alpha value is -1.00. The van der Waals surface area contributed by atoms with Crippen LogP contribution in [0.1, 0.15) is 12.1 Å². The van der Waals surface area contributed by atoms with Crippen LogP contribution in [0.25, 0.3) is 10.9 Å². The van der Waals surface area contributed by atoms with Crippen molar-refractivity contribution < 1.29 is 13.2 Å². The van der Waals surface area contributed by atoms with Crippen LogP contribution in [0.4, 0.5) is 13.2 Å². The number of nitrogens with zero attached hydrogens (tertiary/aromatic N) is 1. The van der Waals surface area contributed by atoms with E-state index in [-0.39, 0.29) is 20.9 Å². The number of rotatable bonds is 1. The summed E-state index contributed by atoms with van der Waals surface area (Å²) in [5.41, 5.74) is -0.811. The van der Waals surface area contributed by atoms with E-state index in [9.17, 15) is 13.2 Å². The smallest absolute Gasteiger partial charge is 0.244 e. The Kier molecular flexibility index (Phi) is 2.95. The van der Waals surface area contributed by atoms with E-state index < -0.39 is 17.9 Å². The zero-order chi connectivity index (χ0) is 11.9. The van der Waals surface area contributed by atoms with E-state index in [4.69, 9.17) is 23.2 Å². The molecule has 0 saturated heterocycles.